The van der Waals surface area contributed by atoms with Gasteiger partial charge in [-0.1, -0.05) is 23.2 Å². The highest BCUT2D eigenvalue weighted by molar-refractivity contribution is 6.37. The van der Waals surface area contributed by atoms with Crippen LogP contribution in [0.25, 0.3) is 5.69 Å². The van der Waals surface area contributed by atoms with E-state index >= 15 is 0 Å². The molecule has 1 aliphatic carbocycles. The molecule has 0 amide bonds. The average molecular weight is 483 g/mol. The molecule has 0 aliphatic heterocycles. The Labute approximate surface area is 186 Å². The monoisotopic (exact) mass is 482 g/mol. The van der Waals surface area contributed by atoms with Crippen LogP contribution in [0.4, 0.5) is 8.78 Å². The second-order valence-electron chi connectivity index (χ2n) is 6.92. The number of aromatic nitrogens is 5. The molecule has 164 valence electrons. The van der Waals surface area contributed by atoms with Gasteiger partial charge in [-0.2, -0.15) is 9.94 Å². The number of nitrogens with zero attached hydrogens (tertiary/aromatic N) is 4. The van der Waals surface area contributed by atoms with Gasteiger partial charge in [0.05, 0.1) is 15.7 Å². The lowest BCUT2D eigenvalue weighted by atomic mass is 9.77. The molecule has 2 N–H and O–H groups in total. The summed E-state index contributed by atoms with van der Waals surface area (Å²) < 4.78 is 32.6. The SMILES string of the molecule is N#Cc1nn(-c2cc(Cl)c(Oc3cc(C4CC(F)(F)C4)c(=O)[nH]n3)c(Cl)c2)c(=O)[nH]c1=O. The molecular weight excluding hydrogens is 473 g/mol. The summed E-state index contributed by atoms with van der Waals surface area (Å²) in [6.07, 6.45) is -0.914. The Hall–Kier alpha value is -3.56. The number of nitrogens with one attached hydrogen (secondary N) is 2. The molecule has 1 fully saturated rings. The summed E-state index contributed by atoms with van der Waals surface area (Å²) in [6, 6.07) is 5.24. The fourth-order valence-corrected chi connectivity index (χ4v) is 3.71. The number of hydrogen-bond donors (Lipinski definition) is 2. The van der Waals surface area contributed by atoms with Crippen LogP contribution in [0.5, 0.6) is 11.6 Å². The summed E-state index contributed by atoms with van der Waals surface area (Å²) in [6.45, 7) is 0. The maximum absolute atomic E-state index is 13.2. The molecule has 2 heterocycles. The number of rotatable bonds is 4. The molecule has 2 aromatic heterocycles. The molecule has 32 heavy (non-hydrogen) atoms. The average Bonchev–Trinajstić information content (AvgIpc) is 2.70. The molecule has 0 atom stereocenters. The third kappa shape index (κ3) is 4.00. The van der Waals surface area contributed by atoms with Gasteiger partial charge in [-0.15, -0.1) is 10.2 Å². The van der Waals surface area contributed by atoms with Crippen molar-refractivity contribution in [2.45, 2.75) is 24.7 Å². The quantitative estimate of drug-likeness (QED) is 0.580. The van der Waals surface area contributed by atoms with E-state index in [1.54, 1.807) is 6.07 Å². The molecule has 0 spiro atoms. The second kappa shape index (κ2) is 7.85. The smallest absolute Gasteiger partial charge is 0.349 e. The summed E-state index contributed by atoms with van der Waals surface area (Å²) in [7, 11) is 0. The lowest BCUT2D eigenvalue weighted by Gasteiger charge is -2.34. The molecule has 0 unspecified atom stereocenters. The van der Waals surface area contributed by atoms with Crippen molar-refractivity contribution in [1.29, 1.82) is 5.26 Å². The molecule has 0 saturated heterocycles. The van der Waals surface area contributed by atoms with Crippen molar-refractivity contribution in [3.63, 3.8) is 0 Å². The minimum Gasteiger partial charge on any atom is -0.434 e. The van der Waals surface area contributed by atoms with Gasteiger partial charge in [-0.3, -0.25) is 14.6 Å². The molecule has 14 heteroatoms. The highest BCUT2D eigenvalue weighted by Gasteiger charge is 2.46. The van der Waals surface area contributed by atoms with Crippen molar-refractivity contribution in [3.8, 4) is 23.4 Å². The first kappa shape index (κ1) is 21.7. The van der Waals surface area contributed by atoms with Gasteiger partial charge in [0.2, 0.25) is 17.5 Å². The van der Waals surface area contributed by atoms with Gasteiger partial charge in [0.15, 0.2) is 5.75 Å². The molecular formula is C18H10Cl2F2N6O4. The Morgan fingerprint density at radius 1 is 1.16 bits per heavy atom. The topological polar surface area (TPSA) is 147 Å². The Morgan fingerprint density at radius 2 is 1.81 bits per heavy atom. The number of ether oxygens (including phenoxy) is 1. The number of hydrogen-bond acceptors (Lipinski definition) is 7. The number of alkyl halides is 2. The molecule has 10 nitrogen and oxygen atoms in total. The van der Waals surface area contributed by atoms with Gasteiger partial charge >= 0.3 is 5.69 Å². The van der Waals surface area contributed by atoms with Crippen molar-refractivity contribution in [1.82, 2.24) is 25.0 Å². The van der Waals surface area contributed by atoms with E-state index in [4.69, 9.17) is 33.2 Å². The first-order valence-corrected chi connectivity index (χ1v) is 9.62. The summed E-state index contributed by atoms with van der Waals surface area (Å²) in [4.78, 5) is 37.4. The summed E-state index contributed by atoms with van der Waals surface area (Å²) in [5.41, 5.74) is -2.92. The highest BCUT2D eigenvalue weighted by atomic mass is 35.5. The Balaban J connectivity index is 1.68. The number of halogens is 4. The third-order valence-corrected chi connectivity index (χ3v) is 5.27. The fraction of sp³-hybridized carbons (Fsp3) is 0.222. The van der Waals surface area contributed by atoms with Gasteiger partial charge in [0, 0.05) is 30.4 Å². The maximum atomic E-state index is 13.2. The van der Waals surface area contributed by atoms with E-state index in [0.717, 1.165) is 0 Å². The van der Waals surface area contributed by atoms with Crippen molar-refractivity contribution >= 4 is 23.2 Å². The van der Waals surface area contributed by atoms with Crippen LogP contribution in [0, 0.1) is 11.3 Å². The first-order chi connectivity index (χ1) is 15.1. The predicted molar refractivity (Wildman–Crippen MR) is 107 cm³/mol. The van der Waals surface area contributed by atoms with Gasteiger partial charge < -0.3 is 4.74 Å². The van der Waals surface area contributed by atoms with Crippen LogP contribution in [0.1, 0.15) is 30.0 Å². The summed E-state index contributed by atoms with van der Waals surface area (Å²) >= 11 is 12.4. The minimum absolute atomic E-state index is 0.0249. The van der Waals surface area contributed by atoms with Crippen molar-refractivity contribution < 1.29 is 13.5 Å². The molecule has 3 aromatic rings. The number of aromatic amines is 2. The molecule has 1 aliphatic rings. The normalized spacial score (nSPS) is 15.1. The Bertz CT molecular complexity index is 1430. The predicted octanol–water partition coefficient (Wildman–Crippen LogP) is 2.49. The number of benzene rings is 1. The van der Waals surface area contributed by atoms with Crippen LogP contribution in [-0.2, 0) is 0 Å². The largest absolute Gasteiger partial charge is 0.434 e. The van der Waals surface area contributed by atoms with Gasteiger partial charge in [-0.25, -0.2) is 18.7 Å². The van der Waals surface area contributed by atoms with E-state index in [1.807, 2.05) is 4.98 Å². The van der Waals surface area contributed by atoms with E-state index in [2.05, 4.69) is 15.3 Å². The van der Waals surface area contributed by atoms with Gasteiger partial charge in [0.1, 0.15) is 6.07 Å². The standard InChI is InChI=1S/C18H10Cl2F2N6O4/c19-10-1-8(28-17(31)24-16(30)12(6-23)27-28)2-11(20)14(10)32-13-3-9(15(29)26-25-13)7-4-18(21,22)5-7/h1-3,7H,4-5H2,(H,26,29)(H,24,30,31). The molecule has 1 aromatic carbocycles. The second-order valence-corrected chi connectivity index (χ2v) is 7.74. The van der Waals surface area contributed by atoms with E-state index < -0.39 is 47.2 Å². The summed E-state index contributed by atoms with van der Waals surface area (Å²) in [5.74, 6) is -3.69. The minimum atomic E-state index is -2.82. The van der Waals surface area contributed by atoms with E-state index in [1.165, 1.54) is 18.2 Å². The molecule has 0 radical (unpaired) electrons. The lowest BCUT2D eigenvalue weighted by Crippen LogP contribution is -2.36. The van der Waals surface area contributed by atoms with Crippen LogP contribution in [-0.4, -0.2) is 30.9 Å². The highest BCUT2D eigenvalue weighted by Crippen LogP contribution is 2.47. The van der Waals surface area contributed by atoms with E-state index in [9.17, 15) is 23.2 Å². The first-order valence-electron chi connectivity index (χ1n) is 8.86. The van der Waals surface area contributed by atoms with Crippen molar-refractivity contribution in [2.75, 3.05) is 0 Å². The van der Waals surface area contributed by atoms with Crippen molar-refractivity contribution in [2.24, 2.45) is 0 Å². The zero-order valence-electron chi connectivity index (χ0n) is 15.7. The van der Waals surface area contributed by atoms with Gasteiger partial charge in [-0.05, 0) is 12.1 Å². The van der Waals surface area contributed by atoms with Gasteiger partial charge in [0.25, 0.3) is 11.1 Å². The van der Waals surface area contributed by atoms with Crippen molar-refractivity contribution in [3.05, 3.63) is 70.7 Å². The number of nitriles is 1. The third-order valence-electron chi connectivity index (χ3n) is 4.71. The van der Waals surface area contributed by atoms with Crippen LogP contribution in [0.15, 0.2) is 32.6 Å². The number of H-pyrrole nitrogens is 2. The summed E-state index contributed by atoms with van der Waals surface area (Å²) in [5, 5.41) is 18.3. The Morgan fingerprint density at radius 3 is 2.41 bits per heavy atom. The fourth-order valence-electron chi connectivity index (χ4n) is 3.16. The van der Waals surface area contributed by atoms with Crippen LogP contribution < -0.4 is 21.5 Å². The molecule has 4 rings (SSSR count). The zero-order valence-corrected chi connectivity index (χ0v) is 17.2. The molecule has 0 bridgehead atoms. The Kier molecular flexibility index (Phi) is 5.31. The van der Waals surface area contributed by atoms with E-state index in [-0.39, 0.29) is 32.9 Å². The zero-order chi connectivity index (χ0) is 23.2. The van der Waals surface area contributed by atoms with E-state index in [0.29, 0.717) is 4.68 Å². The lowest BCUT2D eigenvalue weighted by molar-refractivity contribution is -0.0870. The van der Waals surface area contributed by atoms with Crippen LogP contribution in [0.2, 0.25) is 10.0 Å². The van der Waals surface area contributed by atoms with Crippen LogP contribution in [0.3, 0.4) is 0 Å². The van der Waals surface area contributed by atoms with Crippen LogP contribution >= 0.6 is 23.2 Å². The maximum Gasteiger partial charge on any atom is 0.349 e. The molecule has 1 saturated carbocycles.